The fraction of sp³-hybridized carbons (Fsp3) is 0.0769. The molecule has 0 heterocycles. The maximum atomic E-state index is 13.4. The molecule has 20 heavy (non-hydrogen) atoms. The molecule has 0 atom stereocenters. The Morgan fingerprint density at radius 3 is 2.55 bits per heavy atom. The van der Waals surface area contributed by atoms with Gasteiger partial charge in [-0.05, 0) is 23.8 Å². The van der Waals surface area contributed by atoms with Crippen molar-refractivity contribution in [1.82, 2.24) is 0 Å². The number of nitrogens with one attached hydrogen (secondary N) is 1. The zero-order valence-electron chi connectivity index (χ0n) is 10.1. The van der Waals surface area contributed by atoms with Gasteiger partial charge in [0.1, 0.15) is 0 Å². The van der Waals surface area contributed by atoms with Crippen molar-refractivity contribution in [3.8, 4) is 0 Å². The van der Waals surface area contributed by atoms with Crippen LogP contribution in [0.25, 0.3) is 0 Å². The summed E-state index contributed by atoms with van der Waals surface area (Å²) in [6.07, 6.45) is 0. The van der Waals surface area contributed by atoms with E-state index in [9.17, 15) is 14.5 Å². The second-order valence-corrected chi connectivity index (χ2v) is 4.86. The van der Waals surface area contributed by atoms with Crippen LogP contribution in [0.4, 0.5) is 15.8 Å². The average molecular weight is 315 g/mol. The number of hydrogen-bond donors (Lipinski definition) is 1. The zero-order valence-corrected chi connectivity index (χ0v) is 11.6. The van der Waals surface area contributed by atoms with Crippen LogP contribution in [0.1, 0.15) is 5.56 Å². The Hall–Kier alpha value is -1.85. The molecule has 0 spiro atoms. The highest BCUT2D eigenvalue weighted by molar-refractivity contribution is 6.35. The number of rotatable bonds is 4. The zero-order chi connectivity index (χ0) is 14.7. The highest BCUT2D eigenvalue weighted by Crippen LogP contribution is 2.24. The van der Waals surface area contributed by atoms with Crippen molar-refractivity contribution in [2.24, 2.45) is 0 Å². The van der Waals surface area contributed by atoms with Gasteiger partial charge in [-0.2, -0.15) is 4.39 Å². The molecule has 0 bridgehead atoms. The average Bonchev–Trinajstić information content (AvgIpc) is 2.37. The molecule has 4 nitrogen and oxygen atoms in total. The summed E-state index contributed by atoms with van der Waals surface area (Å²) in [5.74, 6) is -0.887. The standard InChI is InChI=1S/C13H9Cl2FN2O2/c14-9-2-1-8(11(15)5-9)7-17-10-3-4-13(18(19)20)12(16)6-10/h1-6,17H,7H2. The van der Waals surface area contributed by atoms with Crippen molar-refractivity contribution >= 4 is 34.6 Å². The Kier molecular flexibility index (Phi) is 4.42. The molecule has 0 aliphatic carbocycles. The van der Waals surface area contributed by atoms with Gasteiger partial charge in [0.15, 0.2) is 0 Å². The first-order valence-electron chi connectivity index (χ1n) is 5.59. The van der Waals surface area contributed by atoms with Crippen molar-refractivity contribution in [2.75, 3.05) is 5.32 Å². The van der Waals surface area contributed by atoms with E-state index in [1.165, 1.54) is 6.07 Å². The summed E-state index contributed by atoms with van der Waals surface area (Å²) >= 11 is 11.8. The quantitative estimate of drug-likeness (QED) is 0.660. The smallest absolute Gasteiger partial charge is 0.304 e. The van der Waals surface area contributed by atoms with Crippen LogP contribution in [0.2, 0.25) is 10.0 Å². The molecule has 2 rings (SSSR count). The number of hydrogen-bond acceptors (Lipinski definition) is 3. The predicted molar refractivity (Wildman–Crippen MR) is 76.8 cm³/mol. The van der Waals surface area contributed by atoms with Crippen molar-refractivity contribution < 1.29 is 9.31 Å². The Labute approximate surface area is 124 Å². The number of nitro benzene ring substituents is 1. The molecule has 0 fully saturated rings. The summed E-state index contributed by atoms with van der Waals surface area (Å²) in [5, 5.41) is 14.5. The van der Waals surface area contributed by atoms with E-state index in [2.05, 4.69) is 5.32 Å². The molecule has 0 aliphatic rings. The summed E-state index contributed by atoms with van der Waals surface area (Å²) in [6, 6.07) is 8.67. The first-order valence-corrected chi connectivity index (χ1v) is 6.34. The molecule has 7 heteroatoms. The Morgan fingerprint density at radius 2 is 1.95 bits per heavy atom. The van der Waals surface area contributed by atoms with E-state index >= 15 is 0 Å². The van der Waals surface area contributed by atoms with Gasteiger partial charge in [0, 0.05) is 34.4 Å². The van der Waals surface area contributed by atoms with Gasteiger partial charge in [0.05, 0.1) is 4.92 Å². The molecular formula is C13H9Cl2FN2O2. The molecule has 0 saturated heterocycles. The highest BCUT2D eigenvalue weighted by Gasteiger charge is 2.13. The molecule has 104 valence electrons. The number of nitrogens with zero attached hydrogens (tertiary/aromatic N) is 1. The lowest BCUT2D eigenvalue weighted by Crippen LogP contribution is -2.01. The number of benzene rings is 2. The van der Waals surface area contributed by atoms with E-state index in [-0.39, 0.29) is 0 Å². The molecule has 2 aromatic rings. The Morgan fingerprint density at radius 1 is 1.20 bits per heavy atom. The van der Waals surface area contributed by atoms with Crippen LogP contribution in [0.15, 0.2) is 36.4 Å². The van der Waals surface area contributed by atoms with Crippen molar-refractivity contribution in [3.63, 3.8) is 0 Å². The second-order valence-electron chi connectivity index (χ2n) is 4.01. The lowest BCUT2D eigenvalue weighted by molar-refractivity contribution is -0.387. The number of anilines is 1. The molecule has 2 aromatic carbocycles. The lowest BCUT2D eigenvalue weighted by Gasteiger charge is -2.08. The van der Waals surface area contributed by atoms with Crippen LogP contribution in [0.5, 0.6) is 0 Å². The molecule has 1 N–H and O–H groups in total. The van der Waals surface area contributed by atoms with Gasteiger partial charge in [-0.25, -0.2) is 0 Å². The van der Waals surface area contributed by atoms with E-state index in [0.717, 1.165) is 17.7 Å². The molecule has 0 aliphatic heterocycles. The minimum Gasteiger partial charge on any atom is -0.381 e. The van der Waals surface area contributed by atoms with E-state index < -0.39 is 16.4 Å². The van der Waals surface area contributed by atoms with E-state index in [4.69, 9.17) is 23.2 Å². The predicted octanol–water partition coefficient (Wildman–Crippen LogP) is 4.65. The fourth-order valence-corrected chi connectivity index (χ4v) is 2.10. The largest absolute Gasteiger partial charge is 0.381 e. The van der Waals surface area contributed by atoms with Crippen LogP contribution in [0.3, 0.4) is 0 Å². The molecule has 0 aromatic heterocycles. The third kappa shape index (κ3) is 3.37. The molecular weight excluding hydrogens is 306 g/mol. The van der Waals surface area contributed by atoms with Crippen LogP contribution in [-0.4, -0.2) is 4.92 Å². The molecule has 0 saturated carbocycles. The monoisotopic (exact) mass is 314 g/mol. The number of halogens is 3. The maximum absolute atomic E-state index is 13.4. The number of nitro groups is 1. The first kappa shape index (κ1) is 14.6. The fourth-order valence-electron chi connectivity index (χ4n) is 1.63. The topological polar surface area (TPSA) is 55.2 Å². The van der Waals surface area contributed by atoms with Gasteiger partial charge in [0.25, 0.3) is 0 Å². The lowest BCUT2D eigenvalue weighted by atomic mass is 10.2. The molecule has 0 amide bonds. The summed E-state index contributed by atoms with van der Waals surface area (Å²) in [6.45, 7) is 0.354. The van der Waals surface area contributed by atoms with Crippen LogP contribution in [-0.2, 0) is 6.54 Å². The van der Waals surface area contributed by atoms with Gasteiger partial charge in [-0.15, -0.1) is 0 Å². The van der Waals surface area contributed by atoms with Gasteiger partial charge < -0.3 is 5.32 Å². The van der Waals surface area contributed by atoms with Gasteiger partial charge in [-0.1, -0.05) is 29.3 Å². The van der Waals surface area contributed by atoms with E-state index in [1.807, 2.05) is 0 Å². The van der Waals surface area contributed by atoms with Gasteiger partial charge >= 0.3 is 5.69 Å². The SMILES string of the molecule is O=[N+]([O-])c1ccc(NCc2ccc(Cl)cc2Cl)cc1F. The van der Waals surface area contributed by atoms with Crippen molar-refractivity contribution in [3.05, 3.63) is 67.9 Å². The normalized spacial score (nSPS) is 10.3. The second kappa shape index (κ2) is 6.07. The summed E-state index contributed by atoms with van der Waals surface area (Å²) in [7, 11) is 0. The Bertz CT molecular complexity index is 665. The van der Waals surface area contributed by atoms with Gasteiger partial charge in [-0.3, -0.25) is 10.1 Å². The minimum atomic E-state index is -0.887. The Balaban J connectivity index is 2.11. The highest BCUT2D eigenvalue weighted by atomic mass is 35.5. The van der Waals surface area contributed by atoms with Crippen LogP contribution < -0.4 is 5.32 Å². The summed E-state index contributed by atoms with van der Waals surface area (Å²) in [4.78, 5) is 9.74. The van der Waals surface area contributed by atoms with E-state index in [1.54, 1.807) is 18.2 Å². The summed E-state index contributed by atoms with van der Waals surface area (Å²) < 4.78 is 13.4. The third-order valence-corrected chi connectivity index (χ3v) is 3.23. The summed E-state index contributed by atoms with van der Waals surface area (Å²) in [5.41, 5.74) is 0.661. The minimum absolute atomic E-state index is 0.354. The van der Waals surface area contributed by atoms with Crippen molar-refractivity contribution in [1.29, 1.82) is 0 Å². The third-order valence-electron chi connectivity index (χ3n) is 2.64. The van der Waals surface area contributed by atoms with Crippen LogP contribution >= 0.6 is 23.2 Å². The van der Waals surface area contributed by atoms with E-state index in [0.29, 0.717) is 22.3 Å². The first-order chi connectivity index (χ1) is 9.47. The maximum Gasteiger partial charge on any atom is 0.304 e. The van der Waals surface area contributed by atoms with Crippen molar-refractivity contribution in [2.45, 2.75) is 6.54 Å². The van der Waals surface area contributed by atoms with Gasteiger partial charge in [0.2, 0.25) is 5.82 Å². The van der Waals surface area contributed by atoms with Crippen LogP contribution in [0, 0.1) is 15.9 Å². The molecule has 0 unspecified atom stereocenters. The molecule has 0 radical (unpaired) electrons.